The zero-order valence-electron chi connectivity index (χ0n) is 14.9. The third kappa shape index (κ3) is 4.72. The first-order valence-corrected chi connectivity index (χ1v) is 8.20. The molecule has 0 radical (unpaired) electrons. The van der Waals surface area contributed by atoms with Crippen LogP contribution < -0.4 is 25.3 Å². The second-order valence-corrected chi connectivity index (χ2v) is 5.76. The van der Waals surface area contributed by atoms with Crippen molar-refractivity contribution < 1.29 is 14.2 Å². The summed E-state index contributed by atoms with van der Waals surface area (Å²) in [6.07, 6.45) is 0.851. The number of ether oxygens (including phenoxy) is 3. The van der Waals surface area contributed by atoms with E-state index in [9.17, 15) is 0 Å². The van der Waals surface area contributed by atoms with Crippen LogP contribution in [0.5, 0.6) is 17.2 Å². The third-order valence-electron chi connectivity index (χ3n) is 4.16. The van der Waals surface area contributed by atoms with Crippen LogP contribution in [0.15, 0.2) is 47.5 Å². The quantitative estimate of drug-likeness (QED) is 0.400. The van der Waals surface area contributed by atoms with Gasteiger partial charge in [0.2, 0.25) is 0 Å². The van der Waals surface area contributed by atoms with Crippen molar-refractivity contribution in [2.45, 2.75) is 19.0 Å². The van der Waals surface area contributed by atoms with Crippen molar-refractivity contribution in [1.29, 1.82) is 0 Å². The molecule has 1 atom stereocenters. The molecule has 0 saturated heterocycles. The first kappa shape index (κ1) is 20.2. The van der Waals surface area contributed by atoms with E-state index in [1.807, 2.05) is 42.5 Å². The first-order chi connectivity index (χ1) is 12.2. The molecule has 26 heavy (non-hydrogen) atoms. The molecule has 0 spiro atoms. The number of aliphatic imine (C=N–C) groups is 1. The molecule has 2 aromatic carbocycles. The third-order valence-corrected chi connectivity index (χ3v) is 4.16. The summed E-state index contributed by atoms with van der Waals surface area (Å²) in [6, 6.07) is 13.8. The van der Waals surface area contributed by atoms with Crippen LogP contribution in [0.3, 0.4) is 0 Å². The highest BCUT2D eigenvalue weighted by Crippen LogP contribution is 2.31. The van der Waals surface area contributed by atoms with Crippen LogP contribution in [0, 0.1) is 0 Å². The fourth-order valence-corrected chi connectivity index (χ4v) is 2.87. The summed E-state index contributed by atoms with van der Waals surface area (Å²) in [5, 5.41) is 3.29. The maximum atomic E-state index is 6.08. The van der Waals surface area contributed by atoms with Crippen LogP contribution in [-0.4, -0.2) is 26.8 Å². The predicted molar refractivity (Wildman–Crippen MR) is 113 cm³/mol. The maximum Gasteiger partial charge on any atom is 0.189 e. The van der Waals surface area contributed by atoms with Gasteiger partial charge in [-0.15, -0.1) is 24.0 Å². The van der Waals surface area contributed by atoms with Gasteiger partial charge in [0, 0.05) is 12.0 Å². The Balaban J connectivity index is 0.00000243. The molecule has 1 aliphatic rings. The average molecular weight is 469 g/mol. The highest BCUT2D eigenvalue weighted by atomic mass is 127. The summed E-state index contributed by atoms with van der Waals surface area (Å²) in [5.74, 6) is 2.69. The van der Waals surface area contributed by atoms with E-state index in [1.54, 1.807) is 14.2 Å². The first-order valence-electron chi connectivity index (χ1n) is 8.20. The summed E-state index contributed by atoms with van der Waals surface area (Å²) in [7, 11) is 3.23. The number of para-hydroxylation sites is 1. The molecular formula is C19H24IN3O3. The van der Waals surface area contributed by atoms with Gasteiger partial charge in [0.05, 0.1) is 33.4 Å². The lowest BCUT2D eigenvalue weighted by Gasteiger charge is -2.26. The molecule has 0 saturated carbocycles. The zero-order valence-corrected chi connectivity index (χ0v) is 17.2. The molecule has 0 aromatic heterocycles. The SMILES string of the molecule is COc1ccc(CN=C(N)NC2CCOc3ccccc32)cc1OC.I. The van der Waals surface area contributed by atoms with Crippen LogP contribution in [0.4, 0.5) is 0 Å². The number of rotatable bonds is 5. The second-order valence-electron chi connectivity index (χ2n) is 5.76. The number of guanidine groups is 1. The molecule has 0 amide bonds. The largest absolute Gasteiger partial charge is 0.493 e. The molecule has 3 rings (SSSR count). The highest BCUT2D eigenvalue weighted by molar-refractivity contribution is 14.0. The van der Waals surface area contributed by atoms with Crippen LogP contribution in [0.25, 0.3) is 0 Å². The fraction of sp³-hybridized carbons (Fsp3) is 0.316. The van der Waals surface area contributed by atoms with Gasteiger partial charge in [-0.25, -0.2) is 4.99 Å². The number of hydrogen-bond acceptors (Lipinski definition) is 4. The number of methoxy groups -OCH3 is 2. The van der Waals surface area contributed by atoms with Crippen molar-refractivity contribution in [3.05, 3.63) is 53.6 Å². The lowest BCUT2D eigenvalue weighted by molar-refractivity contribution is 0.262. The van der Waals surface area contributed by atoms with E-state index < -0.39 is 0 Å². The average Bonchev–Trinajstić information content (AvgIpc) is 2.66. The highest BCUT2D eigenvalue weighted by Gasteiger charge is 2.21. The van der Waals surface area contributed by atoms with Gasteiger partial charge in [0.1, 0.15) is 5.75 Å². The van der Waals surface area contributed by atoms with E-state index in [0.717, 1.165) is 23.3 Å². The number of nitrogens with one attached hydrogen (secondary N) is 1. The van der Waals surface area contributed by atoms with Gasteiger partial charge in [-0.05, 0) is 23.8 Å². The van der Waals surface area contributed by atoms with Gasteiger partial charge in [-0.2, -0.15) is 0 Å². The van der Waals surface area contributed by atoms with E-state index in [2.05, 4.69) is 10.3 Å². The standard InChI is InChI=1S/C19H23N3O3.HI/c1-23-17-8-7-13(11-18(17)24-2)12-21-19(20)22-15-9-10-25-16-6-4-3-5-14(15)16;/h3-8,11,15H,9-10,12H2,1-2H3,(H3,20,21,22);1H. The van der Waals surface area contributed by atoms with Gasteiger partial charge in [0.25, 0.3) is 0 Å². The van der Waals surface area contributed by atoms with Crippen molar-refractivity contribution in [2.24, 2.45) is 10.7 Å². The number of benzene rings is 2. The van der Waals surface area contributed by atoms with E-state index in [4.69, 9.17) is 19.9 Å². The van der Waals surface area contributed by atoms with Crippen LogP contribution in [0.2, 0.25) is 0 Å². The monoisotopic (exact) mass is 469 g/mol. The Morgan fingerprint density at radius 3 is 2.73 bits per heavy atom. The molecule has 1 heterocycles. The van der Waals surface area contributed by atoms with Crippen molar-refractivity contribution in [3.63, 3.8) is 0 Å². The van der Waals surface area contributed by atoms with Gasteiger partial charge in [0.15, 0.2) is 17.5 Å². The fourth-order valence-electron chi connectivity index (χ4n) is 2.87. The zero-order chi connectivity index (χ0) is 17.6. The Bertz CT molecular complexity index is 767. The van der Waals surface area contributed by atoms with E-state index in [-0.39, 0.29) is 30.0 Å². The number of hydrogen-bond donors (Lipinski definition) is 2. The minimum atomic E-state index is 0. The van der Waals surface area contributed by atoms with Crippen LogP contribution >= 0.6 is 24.0 Å². The molecule has 2 aromatic rings. The molecule has 1 aliphatic heterocycles. The molecule has 6 nitrogen and oxygen atoms in total. The van der Waals surface area contributed by atoms with Crippen molar-refractivity contribution >= 4 is 29.9 Å². The Kier molecular flexibility index (Phi) is 7.38. The minimum Gasteiger partial charge on any atom is -0.493 e. The minimum absolute atomic E-state index is 0. The van der Waals surface area contributed by atoms with Crippen molar-refractivity contribution in [3.8, 4) is 17.2 Å². The molecule has 140 valence electrons. The molecular weight excluding hydrogens is 445 g/mol. The smallest absolute Gasteiger partial charge is 0.189 e. The van der Waals surface area contributed by atoms with Crippen molar-refractivity contribution in [2.75, 3.05) is 20.8 Å². The molecule has 7 heteroatoms. The predicted octanol–water partition coefficient (Wildman–Crippen LogP) is 3.25. The molecule has 3 N–H and O–H groups in total. The number of nitrogens with zero attached hydrogens (tertiary/aromatic N) is 1. The maximum absolute atomic E-state index is 6.08. The lowest BCUT2D eigenvalue weighted by atomic mass is 10.0. The van der Waals surface area contributed by atoms with Crippen molar-refractivity contribution in [1.82, 2.24) is 5.32 Å². The lowest BCUT2D eigenvalue weighted by Crippen LogP contribution is -2.37. The van der Waals surface area contributed by atoms with E-state index in [1.165, 1.54) is 0 Å². The second kappa shape index (κ2) is 9.51. The normalized spacial score (nSPS) is 15.9. The van der Waals surface area contributed by atoms with Crippen LogP contribution in [0.1, 0.15) is 23.6 Å². The molecule has 0 aliphatic carbocycles. The Morgan fingerprint density at radius 1 is 1.19 bits per heavy atom. The summed E-state index contributed by atoms with van der Waals surface area (Å²) in [5.41, 5.74) is 8.18. The van der Waals surface area contributed by atoms with E-state index >= 15 is 0 Å². The Hall–Kier alpha value is -2.16. The Morgan fingerprint density at radius 2 is 1.96 bits per heavy atom. The number of halogens is 1. The van der Waals surface area contributed by atoms with E-state index in [0.29, 0.717) is 30.6 Å². The molecule has 1 unspecified atom stereocenters. The van der Waals surface area contributed by atoms with Gasteiger partial charge in [-0.1, -0.05) is 24.3 Å². The summed E-state index contributed by atoms with van der Waals surface area (Å²) < 4.78 is 16.2. The summed E-state index contributed by atoms with van der Waals surface area (Å²) >= 11 is 0. The van der Waals surface area contributed by atoms with Gasteiger partial charge in [-0.3, -0.25) is 0 Å². The van der Waals surface area contributed by atoms with Crippen LogP contribution in [-0.2, 0) is 6.54 Å². The molecule has 0 fully saturated rings. The summed E-state index contributed by atoms with van der Waals surface area (Å²) in [4.78, 5) is 4.44. The van der Waals surface area contributed by atoms with Gasteiger partial charge >= 0.3 is 0 Å². The topological polar surface area (TPSA) is 78.1 Å². The molecule has 0 bridgehead atoms. The number of fused-ring (bicyclic) bond motifs is 1. The number of nitrogens with two attached hydrogens (primary N) is 1. The van der Waals surface area contributed by atoms with Gasteiger partial charge < -0.3 is 25.3 Å². The Labute approximate surface area is 170 Å². The summed E-state index contributed by atoms with van der Waals surface area (Å²) in [6.45, 7) is 1.13.